The molecule has 3 nitrogen and oxygen atoms in total. The van der Waals surface area contributed by atoms with Crippen molar-refractivity contribution in [3.8, 4) is 0 Å². The van der Waals surface area contributed by atoms with Crippen molar-refractivity contribution < 1.29 is 17.3 Å². The standard InChI is InChI=1S/C4H9F2NO2S/c1-2-3-7(6)10(8,9)4-5/h2-4H2,1H3. The number of rotatable bonds is 4. The first-order chi connectivity index (χ1) is 4.54. The molecule has 0 aromatic rings. The van der Waals surface area contributed by atoms with E-state index in [9.17, 15) is 17.3 Å². The highest BCUT2D eigenvalue weighted by Gasteiger charge is 2.19. The fraction of sp³-hybridized carbons (Fsp3) is 1.00. The molecule has 0 radical (unpaired) electrons. The maximum Gasteiger partial charge on any atom is 0.269 e. The molecule has 0 rings (SSSR count). The van der Waals surface area contributed by atoms with E-state index in [0.717, 1.165) is 0 Å². The van der Waals surface area contributed by atoms with Gasteiger partial charge in [0, 0.05) is 6.54 Å². The molecule has 0 spiro atoms. The summed E-state index contributed by atoms with van der Waals surface area (Å²) in [6, 6.07) is -1.68. The first kappa shape index (κ1) is 9.77. The number of hydrogen-bond donors (Lipinski definition) is 0. The second kappa shape index (κ2) is 3.82. The van der Waals surface area contributed by atoms with E-state index < -0.39 is 20.6 Å². The van der Waals surface area contributed by atoms with E-state index in [-0.39, 0.29) is 6.54 Å². The molecule has 0 N–H and O–H groups in total. The summed E-state index contributed by atoms with van der Waals surface area (Å²) < 4.78 is 43.7. The number of nitrogens with zero attached hydrogens (tertiary/aromatic N) is 1. The highest BCUT2D eigenvalue weighted by molar-refractivity contribution is 7.88. The highest BCUT2D eigenvalue weighted by Crippen LogP contribution is 2.02. The smallest absolute Gasteiger partial charge is 0.232 e. The van der Waals surface area contributed by atoms with Gasteiger partial charge in [-0.15, -0.1) is 4.48 Å². The predicted molar refractivity (Wildman–Crippen MR) is 33.0 cm³/mol. The normalized spacial score (nSPS) is 12.4. The predicted octanol–water partition coefficient (Wildman–Crippen LogP) is 0.840. The Morgan fingerprint density at radius 2 is 2.00 bits per heavy atom. The van der Waals surface area contributed by atoms with Gasteiger partial charge in [-0.3, -0.25) is 0 Å². The van der Waals surface area contributed by atoms with E-state index in [1.54, 1.807) is 6.92 Å². The zero-order valence-corrected chi connectivity index (χ0v) is 6.37. The summed E-state index contributed by atoms with van der Waals surface area (Å²) in [5.41, 5.74) is 0. The van der Waals surface area contributed by atoms with Gasteiger partial charge < -0.3 is 0 Å². The molecule has 0 saturated heterocycles. The summed E-state index contributed by atoms with van der Waals surface area (Å²) in [6.07, 6.45) is 0.329. The fourth-order valence-corrected chi connectivity index (χ4v) is 0.934. The highest BCUT2D eigenvalue weighted by atomic mass is 32.2. The maximum absolute atomic E-state index is 12.2. The van der Waals surface area contributed by atoms with E-state index in [0.29, 0.717) is 6.42 Å². The molecule has 0 heterocycles. The molecular formula is C4H9F2NO2S. The van der Waals surface area contributed by atoms with E-state index in [4.69, 9.17) is 0 Å². The van der Waals surface area contributed by atoms with Crippen LogP contribution < -0.4 is 0 Å². The van der Waals surface area contributed by atoms with Crippen LogP contribution in [0.1, 0.15) is 13.3 Å². The van der Waals surface area contributed by atoms with Crippen LogP contribution in [0.25, 0.3) is 0 Å². The minimum atomic E-state index is -4.26. The summed E-state index contributed by atoms with van der Waals surface area (Å²) in [7, 11) is -4.26. The third-order valence-electron chi connectivity index (χ3n) is 0.839. The van der Waals surface area contributed by atoms with Gasteiger partial charge in [-0.1, -0.05) is 6.92 Å². The molecule has 6 heteroatoms. The average Bonchev–Trinajstić information content (AvgIpc) is 1.89. The van der Waals surface area contributed by atoms with Crippen LogP contribution in [0.3, 0.4) is 0 Å². The van der Waals surface area contributed by atoms with Gasteiger partial charge in [0.1, 0.15) is 0 Å². The molecule has 10 heavy (non-hydrogen) atoms. The minimum Gasteiger partial charge on any atom is -0.232 e. The zero-order chi connectivity index (χ0) is 8.20. The Balaban J connectivity index is 4.06. The summed E-state index contributed by atoms with van der Waals surface area (Å²) in [4.78, 5) is 0. The molecule has 0 aromatic carbocycles. The zero-order valence-electron chi connectivity index (χ0n) is 5.55. The minimum absolute atomic E-state index is 0.285. The van der Waals surface area contributed by atoms with Gasteiger partial charge in [0.25, 0.3) is 10.0 Å². The van der Waals surface area contributed by atoms with Gasteiger partial charge in [-0.2, -0.15) is 0 Å². The number of hydrogen-bond acceptors (Lipinski definition) is 2. The summed E-state index contributed by atoms with van der Waals surface area (Å²) in [5.74, 6) is 0. The molecule has 0 aromatic heterocycles. The lowest BCUT2D eigenvalue weighted by molar-refractivity contribution is 0.137. The van der Waals surface area contributed by atoms with Crippen LogP contribution in [0.5, 0.6) is 0 Å². The second-order valence-electron chi connectivity index (χ2n) is 1.73. The van der Waals surface area contributed by atoms with Crippen molar-refractivity contribution in [2.45, 2.75) is 13.3 Å². The van der Waals surface area contributed by atoms with Crippen LogP contribution >= 0.6 is 0 Å². The lowest BCUT2D eigenvalue weighted by Crippen LogP contribution is -2.24. The molecule has 0 amide bonds. The molecular weight excluding hydrogens is 164 g/mol. The van der Waals surface area contributed by atoms with E-state index >= 15 is 0 Å². The van der Waals surface area contributed by atoms with Gasteiger partial charge in [-0.05, 0) is 10.9 Å². The topological polar surface area (TPSA) is 37.4 Å². The van der Waals surface area contributed by atoms with Crippen molar-refractivity contribution in [1.82, 2.24) is 4.53 Å². The summed E-state index contributed by atoms with van der Waals surface area (Å²) in [5, 5.41) is 0. The van der Waals surface area contributed by atoms with Gasteiger partial charge in [-0.25, -0.2) is 12.8 Å². The Hall–Kier alpha value is -0.230. The molecule has 0 aliphatic carbocycles. The van der Waals surface area contributed by atoms with Gasteiger partial charge in [0.05, 0.1) is 0 Å². The Labute approximate surface area is 58.6 Å². The van der Waals surface area contributed by atoms with E-state index in [2.05, 4.69) is 0 Å². The van der Waals surface area contributed by atoms with Crippen LogP contribution in [0, 0.1) is 0 Å². The average molecular weight is 173 g/mol. The third kappa shape index (κ3) is 2.57. The fourth-order valence-electron chi connectivity index (χ4n) is 0.368. The number of halogens is 2. The molecule has 0 saturated carbocycles. The van der Waals surface area contributed by atoms with Crippen LogP contribution in [0.2, 0.25) is 0 Å². The summed E-state index contributed by atoms with van der Waals surface area (Å²) >= 11 is 0. The molecule has 0 unspecified atom stereocenters. The molecule has 0 aliphatic rings. The monoisotopic (exact) mass is 173 g/mol. The molecule has 0 fully saturated rings. The van der Waals surface area contributed by atoms with Crippen LogP contribution in [-0.4, -0.2) is 25.5 Å². The Morgan fingerprint density at radius 3 is 2.30 bits per heavy atom. The number of alkyl halides is 1. The van der Waals surface area contributed by atoms with Gasteiger partial charge in [0.2, 0.25) is 6.01 Å². The van der Waals surface area contributed by atoms with Gasteiger partial charge >= 0.3 is 0 Å². The van der Waals surface area contributed by atoms with Crippen molar-refractivity contribution >= 4 is 10.0 Å². The molecule has 0 bridgehead atoms. The van der Waals surface area contributed by atoms with Crippen molar-refractivity contribution in [3.05, 3.63) is 0 Å². The Bertz CT molecular complexity index is 180. The molecule has 62 valence electrons. The second-order valence-corrected chi connectivity index (χ2v) is 3.51. The van der Waals surface area contributed by atoms with E-state index in [1.807, 2.05) is 0 Å². The maximum atomic E-state index is 12.2. The summed E-state index contributed by atoms with van der Waals surface area (Å²) in [6.45, 7) is 1.31. The van der Waals surface area contributed by atoms with Crippen molar-refractivity contribution in [2.75, 3.05) is 12.6 Å². The number of sulfonamides is 1. The lowest BCUT2D eigenvalue weighted by Gasteiger charge is -2.06. The molecule has 0 atom stereocenters. The molecule has 0 aliphatic heterocycles. The first-order valence-electron chi connectivity index (χ1n) is 2.76. The van der Waals surface area contributed by atoms with Crippen LogP contribution in [0.15, 0.2) is 0 Å². The van der Waals surface area contributed by atoms with Crippen molar-refractivity contribution in [3.63, 3.8) is 0 Å². The van der Waals surface area contributed by atoms with Crippen LogP contribution in [0.4, 0.5) is 8.87 Å². The largest absolute Gasteiger partial charge is 0.269 e. The quantitative estimate of drug-likeness (QED) is 0.591. The van der Waals surface area contributed by atoms with Crippen LogP contribution in [-0.2, 0) is 10.0 Å². The van der Waals surface area contributed by atoms with Crippen molar-refractivity contribution in [1.29, 1.82) is 0 Å². The SMILES string of the molecule is CCCN(F)S(=O)(=O)CF. The third-order valence-corrected chi connectivity index (χ3v) is 1.90. The van der Waals surface area contributed by atoms with E-state index in [1.165, 1.54) is 0 Å². The van der Waals surface area contributed by atoms with Gasteiger partial charge in [0.15, 0.2) is 0 Å². The lowest BCUT2D eigenvalue weighted by atomic mass is 10.5. The first-order valence-corrected chi connectivity index (χ1v) is 4.37. The van der Waals surface area contributed by atoms with Crippen molar-refractivity contribution in [2.24, 2.45) is 0 Å². The Kier molecular flexibility index (Phi) is 3.73. The Morgan fingerprint density at radius 1 is 1.50 bits per heavy atom.